The van der Waals surface area contributed by atoms with Gasteiger partial charge >= 0.3 is 0 Å². The van der Waals surface area contributed by atoms with Crippen LogP contribution >= 0.6 is 0 Å². The molecule has 2 heteroatoms. The molecular weight excluding hydrogens is 280 g/mol. The highest BCUT2D eigenvalue weighted by Crippen LogP contribution is 2.39. The zero-order valence-electron chi connectivity index (χ0n) is 14.7. The van der Waals surface area contributed by atoms with Crippen LogP contribution in [0.15, 0.2) is 78.2 Å². The third-order valence-electron chi connectivity index (χ3n) is 4.16. The van der Waals surface area contributed by atoms with Crippen LogP contribution in [0.3, 0.4) is 0 Å². The quantitative estimate of drug-likeness (QED) is 0.646. The highest BCUT2D eigenvalue weighted by atomic mass is 15.5. The Kier molecular flexibility index (Phi) is 5.49. The summed E-state index contributed by atoms with van der Waals surface area (Å²) in [6, 6.07) is 10.3. The topological polar surface area (TPSA) is 15.3 Å². The van der Waals surface area contributed by atoms with Crippen molar-refractivity contribution in [2.24, 2.45) is 5.92 Å². The van der Waals surface area contributed by atoms with E-state index in [0.717, 1.165) is 36.2 Å². The molecule has 0 radical (unpaired) electrons. The smallest absolute Gasteiger partial charge is 0.0630 e. The summed E-state index contributed by atoms with van der Waals surface area (Å²) in [6.07, 6.45) is 3.02. The third-order valence-corrected chi connectivity index (χ3v) is 4.16. The van der Waals surface area contributed by atoms with E-state index in [0.29, 0.717) is 0 Å². The molecule has 2 rings (SSSR count). The number of para-hydroxylation sites is 1. The molecule has 0 saturated heterocycles. The number of nitrogens with zero attached hydrogens (tertiary/aromatic N) is 1. The van der Waals surface area contributed by atoms with Crippen LogP contribution < -0.4 is 10.4 Å². The molecule has 122 valence electrons. The fourth-order valence-electron chi connectivity index (χ4n) is 3.08. The molecule has 1 aliphatic heterocycles. The second-order valence-electron chi connectivity index (χ2n) is 6.43. The largest absolute Gasteiger partial charge is 0.298 e. The predicted molar refractivity (Wildman–Crippen MR) is 101 cm³/mol. The Bertz CT molecular complexity index is 637. The van der Waals surface area contributed by atoms with Crippen LogP contribution in [-0.2, 0) is 0 Å². The number of hydrazine groups is 1. The SMILES string of the molecule is C=C(C)CC(C(=C)C)C1=C(CCC)NN(c2ccccc2)C1=C. The van der Waals surface area contributed by atoms with Gasteiger partial charge in [0.2, 0.25) is 0 Å². The van der Waals surface area contributed by atoms with Crippen LogP contribution in [0.1, 0.15) is 40.0 Å². The van der Waals surface area contributed by atoms with E-state index in [4.69, 9.17) is 0 Å². The molecule has 1 aromatic carbocycles. The van der Waals surface area contributed by atoms with Crippen molar-refractivity contribution in [3.05, 3.63) is 78.2 Å². The summed E-state index contributed by atoms with van der Waals surface area (Å²) in [6.45, 7) is 19.1. The molecular formula is C21H28N2. The van der Waals surface area contributed by atoms with Gasteiger partial charge in [0.05, 0.1) is 11.4 Å². The van der Waals surface area contributed by atoms with E-state index in [1.807, 2.05) is 18.2 Å². The second-order valence-corrected chi connectivity index (χ2v) is 6.43. The summed E-state index contributed by atoms with van der Waals surface area (Å²) >= 11 is 0. The van der Waals surface area contributed by atoms with Gasteiger partial charge in [-0.25, -0.2) is 0 Å². The van der Waals surface area contributed by atoms with Crippen molar-refractivity contribution >= 4 is 5.69 Å². The number of benzene rings is 1. The van der Waals surface area contributed by atoms with Crippen molar-refractivity contribution in [3.8, 4) is 0 Å². The zero-order valence-corrected chi connectivity index (χ0v) is 14.7. The monoisotopic (exact) mass is 308 g/mol. The number of nitrogens with one attached hydrogen (secondary N) is 1. The molecule has 1 N–H and O–H groups in total. The Hall–Kier alpha value is -2.22. The van der Waals surface area contributed by atoms with Crippen LogP contribution in [0.2, 0.25) is 0 Å². The Balaban J connectivity index is 2.40. The molecule has 1 aromatic rings. The average molecular weight is 308 g/mol. The van der Waals surface area contributed by atoms with Crippen molar-refractivity contribution in [2.75, 3.05) is 5.01 Å². The first-order valence-corrected chi connectivity index (χ1v) is 8.29. The van der Waals surface area contributed by atoms with Crippen molar-refractivity contribution in [2.45, 2.75) is 40.0 Å². The van der Waals surface area contributed by atoms with Gasteiger partial charge in [-0.2, -0.15) is 0 Å². The molecule has 1 aliphatic rings. The molecule has 0 spiro atoms. The maximum Gasteiger partial charge on any atom is 0.0630 e. The van der Waals surface area contributed by atoms with Crippen LogP contribution in [0.25, 0.3) is 0 Å². The third kappa shape index (κ3) is 3.76. The van der Waals surface area contributed by atoms with E-state index < -0.39 is 0 Å². The fraction of sp³-hybridized carbons (Fsp3) is 0.333. The van der Waals surface area contributed by atoms with E-state index in [-0.39, 0.29) is 5.92 Å². The van der Waals surface area contributed by atoms with E-state index in [9.17, 15) is 0 Å². The molecule has 1 atom stereocenters. The van der Waals surface area contributed by atoms with Crippen molar-refractivity contribution < 1.29 is 0 Å². The average Bonchev–Trinajstić information content (AvgIpc) is 2.82. The van der Waals surface area contributed by atoms with Gasteiger partial charge in [0.1, 0.15) is 0 Å². The van der Waals surface area contributed by atoms with Crippen LogP contribution in [0.4, 0.5) is 5.69 Å². The maximum absolute atomic E-state index is 4.37. The van der Waals surface area contributed by atoms with Crippen LogP contribution in [0, 0.1) is 5.92 Å². The highest BCUT2D eigenvalue weighted by Gasteiger charge is 2.31. The first-order valence-electron chi connectivity index (χ1n) is 8.29. The number of rotatable bonds is 7. The molecule has 2 nitrogen and oxygen atoms in total. The van der Waals surface area contributed by atoms with Crippen molar-refractivity contribution in [3.63, 3.8) is 0 Å². The first kappa shape index (κ1) is 17.1. The van der Waals surface area contributed by atoms with Crippen LogP contribution in [-0.4, -0.2) is 0 Å². The molecule has 23 heavy (non-hydrogen) atoms. The molecule has 0 bridgehead atoms. The van der Waals surface area contributed by atoms with Gasteiger partial charge in [0, 0.05) is 17.2 Å². The Morgan fingerprint density at radius 2 is 1.83 bits per heavy atom. The van der Waals surface area contributed by atoms with E-state index in [2.05, 4.69) is 63.1 Å². The summed E-state index contributed by atoms with van der Waals surface area (Å²) in [7, 11) is 0. The predicted octanol–water partition coefficient (Wildman–Crippen LogP) is 5.74. The standard InChI is InChI=1S/C21H28N2/c1-7-11-20-21(19(16(4)5)14-15(2)3)17(6)23(22-20)18-12-9-8-10-13-18/h8-10,12-13,19,22H,2,4,6-7,11,14H2,1,3,5H3. The van der Waals surface area contributed by atoms with Gasteiger partial charge in [-0.15, -0.1) is 6.58 Å². The van der Waals surface area contributed by atoms with Crippen molar-refractivity contribution in [1.82, 2.24) is 5.43 Å². The molecule has 0 aliphatic carbocycles. The molecule has 0 amide bonds. The minimum atomic E-state index is 0.266. The first-order chi connectivity index (χ1) is 11.0. The summed E-state index contributed by atoms with van der Waals surface area (Å²) < 4.78 is 0. The number of hydrogen-bond acceptors (Lipinski definition) is 2. The minimum absolute atomic E-state index is 0.266. The minimum Gasteiger partial charge on any atom is -0.298 e. The van der Waals surface area contributed by atoms with E-state index >= 15 is 0 Å². The Morgan fingerprint density at radius 1 is 1.17 bits per heavy atom. The van der Waals surface area contributed by atoms with Crippen LogP contribution in [0.5, 0.6) is 0 Å². The molecule has 0 saturated carbocycles. The lowest BCUT2D eigenvalue weighted by Crippen LogP contribution is -2.30. The summed E-state index contributed by atoms with van der Waals surface area (Å²) in [5.41, 5.74) is 10.6. The van der Waals surface area contributed by atoms with Gasteiger partial charge in [-0.3, -0.25) is 10.4 Å². The molecule has 0 fully saturated rings. The summed E-state index contributed by atoms with van der Waals surface area (Å²) in [4.78, 5) is 0. The normalized spacial score (nSPS) is 15.6. The lowest BCUT2D eigenvalue weighted by atomic mass is 9.84. The van der Waals surface area contributed by atoms with Crippen molar-refractivity contribution in [1.29, 1.82) is 0 Å². The van der Waals surface area contributed by atoms with Gasteiger partial charge < -0.3 is 0 Å². The molecule has 1 heterocycles. The van der Waals surface area contributed by atoms with Gasteiger partial charge in [0.25, 0.3) is 0 Å². The van der Waals surface area contributed by atoms with E-state index in [1.165, 1.54) is 16.8 Å². The maximum atomic E-state index is 4.37. The number of allylic oxidation sites excluding steroid dienone is 4. The number of hydrogen-bond donors (Lipinski definition) is 1. The number of anilines is 1. The van der Waals surface area contributed by atoms with E-state index in [1.54, 1.807) is 0 Å². The Labute approximate surface area is 140 Å². The summed E-state index contributed by atoms with van der Waals surface area (Å²) in [5.74, 6) is 0.266. The second kappa shape index (κ2) is 7.36. The van der Waals surface area contributed by atoms with Gasteiger partial charge in [0.15, 0.2) is 0 Å². The highest BCUT2D eigenvalue weighted by molar-refractivity contribution is 5.61. The summed E-state index contributed by atoms with van der Waals surface area (Å²) in [5, 5.41) is 2.09. The molecule has 1 unspecified atom stereocenters. The lowest BCUT2D eigenvalue weighted by Gasteiger charge is -2.24. The van der Waals surface area contributed by atoms with Gasteiger partial charge in [-0.1, -0.05) is 55.8 Å². The van der Waals surface area contributed by atoms with Gasteiger partial charge in [-0.05, 0) is 38.8 Å². The lowest BCUT2D eigenvalue weighted by molar-refractivity contribution is 0.699. The zero-order chi connectivity index (χ0) is 17.0. The fourth-order valence-corrected chi connectivity index (χ4v) is 3.08. The Morgan fingerprint density at radius 3 is 2.35 bits per heavy atom. The molecule has 0 aromatic heterocycles.